The summed E-state index contributed by atoms with van der Waals surface area (Å²) < 4.78 is 27.5. The van der Waals surface area contributed by atoms with E-state index in [9.17, 15) is 9.59 Å². The third-order valence-electron chi connectivity index (χ3n) is 5.26. The molecule has 0 atom stereocenters. The number of ether oxygens (including phenoxy) is 5. The molecule has 0 saturated heterocycles. The predicted octanol–water partition coefficient (Wildman–Crippen LogP) is 6.36. The summed E-state index contributed by atoms with van der Waals surface area (Å²) in [4.78, 5) is 29.5. The highest BCUT2D eigenvalue weighted by atomic mass is 35.5. The summed E-state index contributed by atoms with van der Waals surface area (Å²) in [5.74, 6) is 0.401. The minimum absolute atomic E-state index is 0.0894. The number of carbonyl (C=O) groups excluding carboxylic acids is 2. The van der Waals surface area contributed by atoms with Gasteiger partial charge in [-0.25, -0.2) is 14.6 Å². The van der Waals surface area contributed by atoms with Crippen molar-refractivity contribution in [1.29, 1.82) is 0 Å². The Morgan fingerprint density at radius 3 is 2.37 bits per heavy atom. The van der Waals surface area contributed by atoms with Crippen molar-refractivity contribution in [3.8, 4) is 23.0 Å². The molecule has 3 aromatic rings. The Bertz CT molecular complexity index is 1450. The highest BCUT2D eigenvalue weighted by Crippen LogP contribution is 2.33. The van der Waals surface area contributed by atoms with Crippen LogP contribution in [0.1, 0.15) is 35.3 Å². The summed E-state index contributed by atoms with van der Waals surface area (Å²) in [5, 5.41) is 0.562. The van der Waals surface area contributed by atoms with Gasteiger partial charge in [-0.3, -0.25) is 0 Å². The number of aliphatic imine (C=N–C) groups is 1. The molecule has 1 aliphatic heterocycles. The van der Waals surface area contributed by atoms with Crippen LogP contribution in [0.2, 0.25) is 10.0 Å². The monoisotopic (exact) mass is 555 g/mol. The molecule has 0 bridgehead atoms. The van der Waals surface area contributed by atoms with Crippen LogP contribution in [-0.4, -0.2) is 38.2 Å². The van der Waals surface area contributed by atoms with Crippen LogP contribution in [0.25, 0.3) is 6.08 Å². The molecule has 4 rings (SSSR count). The number of halogens is 2. The van der Waals surface area contributed by atoms with Crippen LogP contribution in [0.4, 0.5) is 0 Å². The van der Waals surface area contributed by atoms with E-state index in [1.165, 1.54) is 31.4 Å². The molecule has 1 heterocycles. The van der Waals surface area contributed by atoms with Gasteiger partial charge >= 0.3 is 11.9 Å². The first-order chi connectivity index (χ1) is 18.3. The molecule has 0 aromatic heterocycles. The van der Waals surface area contributed by atoms with Crippen molar-refractivity contribution >= 4 is 47.1 Å². The van der Waals surface area contributed by atoms with E-state index < -0.39 is 11.9 Å². The molecule has 0 unspecified atom stereocenters. The first kappa shape index (κ1) is 27.0. The fourth-order valence-electron chi connectivity index (χ4n) is 3.54. The van der Waals surface area contributed by atoms with Crippen molar-refractivity contribution in [2.75, 3.05) is 20.3 Å². The highest BCUT2D eigenvalue weighted by molar-refractivity contribution is 6.36. The van der Waals surface area contributed by atoms with E-state index in [2.05, 4.69) is 4.99 Å². The number of benzene rings is 3. The van der Waals surface area contributed by atoms with E-state index in [1.54, 1.807) is 36.4 Å². The number of hydrogen-bond donors (Lipinski definition) is 0. The van der Waals surface area contributed by atoms with Gasteiger partial charge in [0.05, 0.1) is 30.9 Å². The fraction of sp³-hybridized carbons (Fsp3) is 0.179. The van der Waals surface area contributed by atoms with E-state index >= 15 is 0 Å². The molecule has 0 fully saturated rings. The Balaban J connectivity index is 1.57. The first-order valence-electron chi connectivity index (χ1n) is 11.6. The lowest BCUT2D eigenvalue weighted by Gasteiger charge is -2.11. The van der Waals surface area contributed by atoms with E-state index in [4.69, 9.17) is 46.9 Å². The summed E-state index contributed by atoms with van der Waals surface area (Å²) in [6.07, 6.45) is 1.54. The third kappa shape index (κ3) is 6.10. The largest absolute Gasteiger partial charge is 0.493 e. The van der Waals surface area contributed by atoms with Crippen LogP contribution in [0.3, 0.4) is 0 Å². The van der Waals surface area contributed by atoms with E-state index in [0.29, 0.717) is 40.9 Å². The normalized spacial score (nSPS) is 13.7. The summed E-state index contributed by atoms with van der Waals surface area (Å²) in [6.45, 7) is 4.67. The standard InChI is InChI=1S/C28H23Cl2NO7/c1-4-35-22-11-7-17(14-25(22)36-5-2)26-31-21(28(33)38-26)12-16-6-10-23(24(13-16)34-3)37-27(32)19-9-8-18(29)15-20(19)30/h6-15H,4-5H2,1-3H3/b21-12-. The topological polar surface area (TPSA) is 92.7 Å². The van der Waals surface area contributed by atoms with Gasteiger partial charge in [-0.2, -0.15) is 0 Å². The van der Waals surface area contributed by atoms with Gasteiger partial charge in [0.15, 0.2) is 28.7 Å². The Labute approximate surface area is 229 Å². The van der Waals surface area contributed by atoms with Crippen LogP contribution >= 0.6 is 23.2 Å². The lowest BCUT2D eigenvalue weighted by atomic mass is 10.1. The van der Waals surface area contributed by atoms with Gasteiger partial charge in [0.1, 0.15) is 0 Å². The van der Waals surface area contributed by atoms with Crippen molar-refractivity contribution in [2.24, 2.45) is 4.99 Å². The number of nitrogens with zero attached hydrogens (tertiary/aromatic N) is 1. The number of methoxy groups -OCH3 is 1. The lowest BCUT2D eigenvalue weighted by Crippen LogP contribution is -2.10. The van der Waals surface area contributed by atoms with Crippen molar-refractivity contribution in [2.45, 2.75) is 13.8 Å². The second-order valence-corrected chi connectivity index (χ2v) is 8.63. The first-order valence-corrected chi connectivity index (χ1v) is 12.4. The maximum atomic E-state index is 12.6. The Kier molecular flexibility index (Phi) is 8.55. The molecule has 0 amide bonds. The number of carbonyl (C=O) groups is 2. The number of esters is 2. The van der Waals surface area contributed by atoms with Gasteiger partial charge in [0.2, 0.25) is 5.90 Å². The molecule has 8 nitrogen and oxygen atoms in total. The highest BCUT2D eigenvalue weighted by Gasteiger charge is 2.25. The molecular formula is C28H23Cl2NO7. The van der Waals surface area contributed by atoms with E-state index in [0.717, 1.165) is 0 Å². The SMILES string of the molecule is CCOc1ccc(C2=N/C(=C\c3ccc(OC(=O)c4ccc(Cl)cc4Cl)c(OC)c3)C(=O)O2)cc1OCC. The average molecular weight is 556 g/mol. The van der Waals surface area contributed by atoms with Crippen LogP contribution < -0.4 is 18.9 Å². The van der Waals surface area contributed by atoms with Gasteiger partial charge in [-0.05, 0) is 74.0 Å². The van der Waals surface area contributed by atoms with Gasteiger partial charge in [0.25, 0.3) is 0 Å². The Morgan fingerprint density at radius 2 is 1.66 bits per heavy atom. The molecule has 0 aliphatic carbocycles. The van der Waals surface area contributed by atoms with E-state index in [-0.39, 0.29) is 33.7 Å². The minimum atomic E-state index is -0.675. The fourth-order valence-corrected chi connectivity index (χ4v) is 4.03. The zero-order valence-corrected chi connectivity index (χ0v) is 22.3. The van der Waals surface area contributed by atoms with Crippen molar-refractivity contribution in [1.82, 2.24) is 0 Å². The second kappa shape index (κ2) is 12.0. The zero-order chi connectivity index (χ0) is 27.2. The number of rotatable bonds is 9. The number of hydrogen-bond acceptors (Lipinski definition) is 8. The van der Waals surface area contributed by atoms with Crippen molar-refractivity contribution in [3.05, 3.63) is 87.0 Å². The quantitative estimate of drug-likeness (QED) is 0.172. The zero-order valence-electron chi connectivity index (χ0n) is 20.7. The molecule has 1 aliphatic rings. The summed E-state index contributed by atoms with van der Waals surface area (Å²) in [7, 11) is 1.43. The van der Waals surface area contributed by atoms with Gasteiger partial charge < -0.3 is 23.7 Å². The molecule has 38 heavy (non-hydrogen) atoms. The maximum absolute atomic E-state index is 12.6. The lowest BCUT2D eigenvalue weighted by molar-refractivity contribution is -0.129. The Hall–Kier alpha value is -4.01. The average Bonchev–Trinajstić information content (AvgIpc) is 3.26. The van der Waals surface area contributed by atoms with Gasteiger partial charge in [-0.15, -0.1) is 0 Å². The molecular weight excluding hydrogens is 533 g/mol. The van der Waals surface area contributed by atoms with Crippen LogP contribution in [0.5, 0.6) is 23.0 Å². The minimum Gasteiger partial charge on any atom is -0.493 e. The van der Waals surface area contributed by atoms with Crippen LogP contribution in [-0.2, 0) is 9.53 Å². The van der Waals surface area contributed by atoms with E-state index in [1.807, 2.05) is 13.8 Å². The summed E-state index contributed by atoms with van der Waals surface area (Å²) >= 11 is 12.0. The van der Waals surface area contributed by atoms with Crippen LogP contribution in [0, 0.1) is 0 Å². The van der Waals surface area contributed by atoms with Crippen molar-refractivity contribution in [3.63, 3.8) is 0 Å². The molecule has 0 N–H and O–H groups in total. The van der Waals surface area contributed by atoms with Crippen LogP contribution in [0.15, 0.2) is 65.3 Å². The molecule has 0 saturated carbocycles. The van der Waals surface area contributed by atoms with Gasteiger partial charge in [-0.1, -0.05) is 29.3 Å². The second-order valence-electron chi connectivity index (χ2n) is 7.79. The smallest absolute Gasteiger partial charge is 0.363 e. The molecule has 196 valence electrons. The van der Waals surface area contributed by atoms with Gasteiger partial charge in [0, 0.05) is 10.6 Å². The number of cyclic esters (lactones) is 1. The summed E-state index contributed by atoms with van der Waals surface area (Å²) in [5.41, 5.74) is 1.38. The predicted molar refractivity (Wildman–Crippen MR) is 144 cm³/mol. The maximum Gasteiger partial charge on any atom is 0.363 e. The molecule has 0 radical (unpaired) electrons. The van der Waals surface area contributed by atoms with Crippen molar-refractivity contribution < 1.29 is 33.3 Å². The summed E-state index contributed by atoms with van der Waals surface area (Å²) in [6, 6.07) is 14.4. The third-order valence-corrected chi connectivity index (χ3v) is 5.80. The molecule has 0 spiro atoms. The Morgan fingerprint density at radius 1 is 0.921 bits per heavy atom. The molecule has 10 heteroatoms. The molecule has 3 aromatic carbocycles.